The lowest BCUT2D eigenvalue weighted by Crippen LogP contribution is -2.10. The van der Waals surface area contributed by atoms with Crippen LogP contribution in [0.4, 0.5) is 17.2 Å². The molecule has 3 aromatic rings. The monoisotopic (exact) mass is 414 g/mol. The van der Waals surface area contributed by atoms with Crippen molar-refractivity contribution in [3.8, 4) is 5.75 Å². The Bertz CT molecular complexity index is 1070. The van der Waals surface area contributed by atoms with Gasteiger partial charge < -0.3 is 15.4 Å². The van der Waals surface area contributed by atoms with Gasteiger partial charge in [0.2, 0.25) is 0 Å². The minimum Gasteiger partial charge on any atom is -0.494 e. The molecule has 0 aliphatic carbocycles. The lowest BCUT2D eigenvalue weighted by Gasteiger charge is -2.15. The molecule has 31 heavy (non-hydrogen) atoms. The van der Waals surface area contributed by atoms with Crippen molar-refractivity contribution in [1.82, 2.24) is 4.98 Å². The predicted octanol–water partition coefficient (Wildman–Crippen LogP) is 6.51. The highest BCUT2D eigenvalue weighted by atomic mass is 16.5. The topological polar surface area (TPSA) is 58.5 Å². The number of amidine groups is 1. The fraction of sp³-hybridized carbons (Fsp3) is 0.231. The molecule has 2 N–H and O–H groups in total. The average Bonchev–Trinajstić information content (AvgIpc) is 2.76. The van der Waals surface area contributed by atoms with E-state index in [0.29, 0.717) is 13.2 Å². The van der Waals surface area contributed by atoms with E-state index >= 15 is 0 Å². The second-order valence-electron chi connectivity index (χ2n) is 7.38. The first-order chi connectivity index (χ1) is 15.0. The minimum absolute atomic E-state index is 0.626. The van der Waals surface area contributed by atoms with Crippen LogP contribution in [0.25, 0.3) is 6.08 Å². The fourth-order valence-corrected chi connectivity index (χ4v) is 3.15. The third kappa shape index (κ3) is 5.95. The van der Waals surface area contributed by atoms with Crippen molar-refractivity contribution in [2.24, 2.45) is 4.99 Å². The first-order valence-corrected chi connectivity index (χ1v) is 10.5. The second-order valence-corrected chi connectivity index (χ2v) is 7.38. The van der Waals surface area contributed by atoms with E-state index in [-0.39, 0.29) is 0 Å². The van der Waals surface area contributed by atoms with Crippen molar-refractivity contribution in [3.63, 3.8) is 0 Å². The van der Waals surface area contributed by atoms with Gasteiger partial charge in [-0.1, -0.05) is 48.6 Å². The molecule has 1 heterocycles. The summed E-state index contributed by atoms with van der Waals surface area (Å²) in [5.74, 6) is 2.41. The second kappa shape index (κ2) is 10.4. The van der Waals surface area contributed by atoms with Crippen LogP contribution in [-0.2, 0) is 6.54 Å². The summed E-state index contributed by atoms with van der Waals surface area (Å²) in [4.78, 5) is 9.17. The Morgan fingerprint density at radius 2 is 1.90 bits per heavy atom. The number of pyridine rings is 1. The zero-order valence-electron chi connectivity index (χ0n) is 18.7. The van der Waals surface area contributed by atoms with Gasteiger partial charge in [-0.2, -0.15) is 0 Å². The number of rotatable bonds is 8. The molecule has 5 nitrogen and oxygen atoms in total. The lowest BCUT2D eigenvalue weighted by atomic mass is 10.1. The Kier molecular flexibility index (Phi) is 7.44. The van der Waals surface area contributed by atoms with E-state index in [1.54, 1.807) is 12.3 Å². The smallest absolute Gasteiger partial charge is 0.139 e. The molecule has 0 amide bonds. The molecule has 0 unspecified atom stereocenters. The highest BCUT2D eigenvalue weighted by molar-refractivity contribution is 5.96. The molecule has 0 atom stereocenters. The van der Waals surface area contributed by atoms with Crippen LogP contribution in [0.2, 0.25) is 0 Å². The van der Waals surface area contributed by atoms with E-state index in [1.165, 1.54) is 11.1 Å². The predicted molar refractivity (Wildman–Crippen MR) is 132 cm³/mol. The molecular formula is C26H30N4O. The van der Waals surface area contributed by atoms with Gasteiger partial charge in [0, 0.05) is 23.5 Å². The largest absolute Gasteiger partial charge is 0.494 e. The maximum Gasteiger partial charge on any atom is 0.139 e. The van der Waals surface area contributed by atoms with Gasteiger partial charge in [-0.3, -0.25) is 4.99 Å². The summed E-state index contributed by atoms with van der Waals surface area (Å²) < 4.78 is 5.71. The number of nitrogens with one attached hydrogen (secondary N) is 2. The molecule has 0 bridgehead atoms. The van der Waals surface area contributed by atoms with E-state index in [1.807, 2.05) is 45.0 Å². The first-order valence-electron chi connectivity index (χ1n) is 10.5. The molecule has 0 radical (unpaired) electrons. The molecule has 3 rings (SSSR count). The molecule has 0 spiro atoms. The molecule has 0 aliphatic heterocycles. The maximum absolute atomic E-state index is 5.71. The van der Waals surface area contributed by atoms with Gasteiger partial charge >= 0.3 is 0 Å². The van der Waals surface area contributed by atoms with Crippen LogP contribution in [0.5, 0.6) is 5.75 Å². The van der Waals surface area contributed by atoms with Gasteiger partial charge in [-0.15, -0.1) is 0 Å². The number of nitrogens with zero attached hydrogens (tertiary/aromatic N) is 2. The highest BCUT2D eigenvalue weighted by Gasteiger charge is 2.09. The maximum atomic E-state index is 5.71. The average molecular weight is 415 g/mol. The molecule has 2 aromatic carbocycles. The molecule has 0 saturated heterocycles. The zero-order chi connectivity index (χ0) is 22.2. The molecular weight excluding hydrogens is 384 g/mol. The van der Waals surface area contributed by atoms with Crippen molar-refractivity contribution in [2.75, 3.05) is 17.2 Å². The van der Waals surface area contributed by atoms with Crippen molar-refractivity contribution < 1.29 is 4.74 Å². The number of hydrogen-bond acceptors (Lipinski definition) is 4. The number of aliphatic imine (C=N–C) groups is 1. The Morgan fingerprint density at radius 1 is 1.13 bits per heavy atom. The van der Waals surface area contributed by atoms with Crippen LogP contribution in [-0.4, -0.2) is 17.4 Å². The van der Waals surface area contributed by atoms with Crippen molar-refractivity contribution in [3.05, 3.63) is 83.6 Å². The molecule has 1 aromatic heterocycles. The Balaban J connectivity index is 1.78. The quantitative estimate of drug-likeness (QED) is 0.326. The van der Waals surface area contributed by atoms with E-state index in [2.05, 4.69) is 58.4 Å². The summed E-state index contributed by atoms with van der Waals surface area (Å²) in [7, 11) is 0. The van der Waals surface area contributed by atoms with E-state index < -0.39 is 0 Å². The van der Waals surface area contributed by atoms with Gasteiger partial charge in [-0.05, 0) is 51.0 Å². The first kappa shape index (κ1) is 22.1. The number of aromatic nitrogens is 1. The molecule has 0 saturated carbocycles. The van der Waals surface area contributed by atoms with Crippen molar-refractivity contribution >= 4 is 29.1 Å². The molecule has 160 valence electrons. The number of anilines is 3. The van der Waals surface area contributed by atoms with Crippen LogP contribution < -0.4 is 15.4 Å². The van der Waals surface area contributed by atoms with E-state index in [0.717, 1.165) is 39.9 Å². The fourth-order valence-electron chi connectivity index (χ4n) is 3.15. The van der Waals surface area contributed by atoms with E-state index in [4.69, 9.17) is 4.74 Å². The van der Waals surface area contributed by atoms with Gasteiger partial charge in [0.15, 0.2) is 0 Å². The highest BCUT2D eigenvalue weighted by Crippen LogP contribution is 2.29. The Morgan fingerprint density at radius 3 is 2.61 bits per heavy atom. The Hall–Kier alpha value is -3.60. The number of benzene rings is 2. The minimum atomic E-state index is 0.626. The van der Waals surface area contributed by atoms with Crippen LogP contribution in [0.3, 0.4) is 0 Å². The van der Waals surface area contributed by atoms with Crippen LogP contribution in [0.15, 0.2) is 66.3 Å². The third-order valence-electron chi connectivity index (χ3n) is 4.88. The van der Waals surface area contributed by atoms with Crippen LogP contribution in [0.1, 0.15) is 36.1 Å². The van der Waals surface area contributed by atoms with E-state index in [9.17, 15) is 0 Å². The normalized spacial score (nSPS) is 11.2. The Labute approximate surface area is 184 Å². The van der Waals surface area contributed by atoms with Crippen LogP contribution in [0, 0.1) is 13.8 Å². The van der Waals surface area contributed by atoms with Crippen LogP contribution >= 0.6 is 0 Å². The molecule has 5 heteroatoms. The summed E-state index contributed by atoms with van der Waals surface area (Å²) in [5, 5.41) is 6.77. The summed E-state index contributed by atoms with van der Waals surface area (Å²) in [6, 6.07) is 16.4. The van der Waals surface area contributed by atoms with Gasteiger partial charge in [0.1, 0.15) is 11.6 Å². The van der Waals surface area contributed by atoms with Gasteiger partial charge in [-0.25, -0.2) is 4.98 Å². The zero-order valence-corrected chi connectivity index (χ0v) is 18.7. The van der Waals surface area contributed by atoms with Crippen molar-refractivity contribution in [2.45, 2.75) is 34.2 Å². The van der Waals surface area contributed by atoms with Gasteiger partial charge in [0.05, 0.1) is 24.7 Å². The lowest BCUT2D eigenvalue weighted by molar-refractivity contribution is 0.338. The number of aryl methyl sites for hydroxylation is 2. The summed E-state index contributed by atoms with van der Waals surface area (Å²) in [5.41, 5.74) is 6.21. The number of ether oxygens (including phenoxy) is 1. The molecule has 0 fully saturated rings. The molecule has 0 aliphatic rings. The third-order valence-corrected chi connectivity index (χ3v) is 4.88. The SMILES string of the molecule is C=Cc1c(NC(C)=NCc2ccc(C)cc2)ccnc1Nc1ccc(C)c(OCC)c1. The standard InChI is InChI=1S/C26H30N4O/c1-6-23-24(29-20(5)28-17-21-11-8-18(3)9-12-21)14-15-27-26(23)30-22-13-10-19(4)25(16-22)31-7-2/h6,8-16H,1,7,17H2,2-5H3,(H2,27,28,29,30). The number of hydrogen-bond donors (Lipinski definition) is 2. The summed E-state index contributed by atoms with van der Waals surface area (Å²) in [6.07, 6.45) is 3.56. The van der Waals surface area contributed by atoms with Crippen molar-refractivity contribution in [1.29, 1.82) is 0 Å². The van der Waals surface area contributed by atoms with Gasteiger partial charge in [0.25, 0.3) is 0 Å². The summed E-state index contributed by atoms with van der Waals surface area (Å²) in [6.45, 7) is 13.3. The summed E-state index contributed by atoms with van der Waals surface area (Å²) >= 11 is 0.